The molecular formula is C12H18O2. The van der Waals surface area contributed by atoms with E-state index in [0.29, 0.717) is 0 Å². The number of rotatable bonds is 3. The summed E-state index contributed by atoms with van der Waals surface area (Å²) in [6, 6.07) is 5.84. The molecule has 0 atom stereocenters. The average molecular weight is 194 g/mol. The summed E-state index contributed by atoms with van der Waals surface area (Å²) in [5, 5.41) is 19.0. The molecule has 0 heterocycles. The van der Waals surface area contributed by atoms with Gasteiger partial charge in [0.15, 0.2) is 0 Å². The van der Waals surface area contributed by atoms with Gasteiger partial charge in [0, 0.05) is 0 Å². The molecule has 0 bridgehead atoms. The zero-order valence-electron chi connectivity index (χ0n) is 9.04. The van der Waals surface area contributed by atoms with Crippen molar-refractivity contribution in [2.75, 3.05) is 0 Å². The smallest absolute Gasteiger partial charge is 0.0844 e. The van der Waals surface area contributed by atoms with Crippen LogP contribution < -0.4 is 0 Å². The van der Waals surface area contributed by atoms with Crippen molar-refractivity contribution < 1.29 is 10.2 Å². The fraction of sp³-hybridized carbons (Fsp3) is 0.500. The highest BCUT2D eigenvalue weighted by Gasteiger charge is 2.19. The number of hydrogen-bond donors (Lipinski definition) is 2. The van der Waals surface area contributed by atoms with Gasteiger partial charge in [0.25, 0.3) is 0 Å². The van der Waals surface area contributed by atoms with Crippen molar-refractivity contribution in [1.29, 1.82) is 0 Å². The minimum Gasteiger partial charge on any atom is -0.392 e. The van der Waals surface area contributed by atoms with Crippen LogP contribution in [-0.4, -0.2) is 10.2 Å². The molecule has 2 nitrogen and oxygen atoms in total. The van der Waals surface area contributed by atoms with Crippen LogP contribution in [0.25, 0.3) is 0 Å². The van der Waals surface area contributed by atoms with E-state index in [1.807, 2.05) is 18.2 Å². The van der Waals surface area contributed by atoms with Crippen molar-refractivity contribution in [2.24, 2.45) is 0 Å². The number of aliphatic hydroxyl groups excluding tert-OH is 1. The number of aliphatic hydroxyl groups is 2. The molecule has 0 saturated heterocycles. The summed E-state index contributed by atoms with van der Waals surface area (Å²) in [7, 11) is 0. The third-order valence-electron chi connectivity index (χ3n) is 2.41. The highest BCUT2D eigenvalue weighted by atomic mass is 16.3. The molecule has 0 saturated carbocycles. The predicted molar refractivity (Wildman–Crippen MR) is 57.0 cm³/mol. The lowest BCUT2D eigenvalue weighted by molar-refractivity contribution is 0.0759. The van der Waals surface area contributed by atoms with Gasteiger partial charge < -0.3 is 10.2 Å². The summed E-state index contributed by atoms with van der Waals surface area (Å²) >= 11 is 0. The van der Waals surface area contributed by atoms with Crippen LogP contribution in [0.4, 0.5) is 0 Å². The van der Waals surface area contributed by atoms with Crippen LogP contribution in [0, 0.1) is 0 Å². The highest BCUT2D eigenvalue weighted by Crippen LogP contribution is 2.24. The molecule has 2 heteroatoms. The Morgan fingerprint density at radius 2 is 1.93 bits per heavy atom. The zero-order chi connectivity index (χ0) is 10.8. The van der Waals surface area contributed by atoms with E-state index in [-0.39, 0.29) is 6.61 Å². The minimum absolute atomic E-state index is 0.0207. The molecule has 0 unspecified atom stereocenters. The molecular weight excluding hydrogens is 176 g/mol. The van der Waals surface area contributed by atoms with Gasteiger partial charge in [-0.2, -0.15) is 0 Å². The first-order valence-corrected chi connectivity index (χ1v) is 4.94. The Balaban J connectivity index is 3.18. The van der Waals surface area contributed by atoms with Gasteiger partial charge in [-0.25, -0.2) is 0 Å². The first-order valence-electron chi connectivity index (χ1n) is 4.94. The Morgan fingerprint density at radius 1 is 1.29 bits per heavy atom. The van der Waals surface area contributed by atoms with E-state index >= 15 is 0 Å². The van der Waals surface area contributed by atoms with E-state index < -0.39 is 5.60 Å². The summed E-state index contributed by atoms with van der Waals surface area (Å²) in [4.78, 5) is 0. The lowest BCUT2D eigenvalue weighted by Crippen LogP contribution is -2.18. The minimum atomic E-state index is -0.885. The van der Waals surface area contributed by atoms with Crippen molar-refractivity contribution in [2.45, 2.75) is 39.4 Å². The molecule has 0 aliphatic heterocycles. The molecule has 0 amide bonds. The van der Waals surface area contributed by atoms with Crippen molar-refractivity contribution in [3.05, 3.63) is 34.9 Å². The molecule has 1 aromatic carbocycles. The van der Waals surface area contributed by atoms with Gasteiger partial charge in [-0.15, -0.1) is 0 Å². The molecule has 78 valence electrons. The van der Waals surface area contributed by atoms with Gasteiger partial charge in [0.05, 0.1) is 12.2 Å². The second-order valence-corrected chi connectivity index (χ2v) is 4.06. The van der Waals surface area contributed by atoms with Crippen molar-refractivity contribution in [1.82, 2.24) is 0 Å². The molecule has 1 rings (SSSR count). The van der Waals surface area contributed by atoms with Crippen molar-refractivity contribution in [3.8, 4) is 0 Å². The number of aryl methyl sites for hydroxylation is 1. The Labute approximate surface area is 85.2 Å². The summed E-state index contributed by atoms with van der Waals surface area (Å²) in [6.45, 7) is 5.51. The third-order valence-corrected chi connectivity index (χ3v) is 2.41. The van der Waals surface area contributed by atoms with Crippen LogP contribution in [0.2, 0.25) is 0 Å². The largest absolute Gasteiger partial charge is 0.392 e. The van der Waals surface area contributed by atoms with E-state index in [2.05, 4.69) is 6.92 Å². The van der Waals surface area contributed by atoms with Crippen LogP contribution in [0.1, 0.15) is 37.5 Å². The van der Waals surface area contributed by atoms with Crippen LogP contribution >= 0.6 is 0 Å². The van der Waals surface area contributed by atoms with Gasteiger partial charge >= 0.3 is 0 Å². The first kappa shape index (κ1) is 11.2. The molecule has 0 aliphatic carbocycles. The van der Waals surface area contributed by atoms with Crippen molar-refractivity contribution >= 4 is 0 Å². The monoisotopic (exact) mass is 194 g/mol. The Morgan fingerprint density at radius 3 is 2.36 bits per heavy atom. The Hall–Kier alpha value is -0.860. The SMILES string of the molecule is CCc1ccc(C(C)(C)O)c(CO)c1. The molecule has 1 aromatic rings. The molecule has 0 aromatic heterocycles. The lowest BCUT2D eigenvalue weighted by Gasteiger charge is -2.21. The zero-order valence-corrected chi connectivity index (χ0v) is 9.04. The summed E-state index contributed by atoms with van der Waals surface area (Å²) in [5.41, 5.74) is 1.92. The molecule has 0 spiro atoms. The maximum Gasteiger partial charge on any atom is 0.0844 e. The Bertz CT molecular complexity index is 311. The summed E-state index contributed by atoms with van der Waals surface area (Å²) in [6.07, 6.45) is 0.944. The third kappa shape index (κ3) is 2.34. The standard InChI is InChI=1S/C12H18O2/c1-4-9-5-6-11(12(2,3)14)10(7-9)8-13/h5-7,13-14H,4,8H2,1-3H3. The molecule has 14 heavy (non-hydrogen) atoms. The second-order valence-electron chi connectivity index (χ2n) is 4.06. The van der Waals surface area contributed by atoms with Crippen LogP contribution in [-0.2, 0) is 18.6 Å². The van der Waals surface area contributed by atoms with E-state index in [4.69, 9.17) is 0 Å². The maximum absolute atomic E-state index is 9.85. The fourth-order valence-electron chi connectivity index (χ4n) is 1.59. The molecule has 0 fully saturated rings. The lowest BCUT2D eigenvalue weighted by atomic mass is 9.91. The predicted octanol–water partition coefficient (Wildman–Crippen LogP) is 1.97. The number of hydrogen-bond acceptors (Lipinski definition) is 2. The average Bonchev–Trinajstić information content (AvgIpc) is 2.15. The molecule has 2 N–H and O–H groups in total. The van der Waals surface area contributed by atoms with Gasteiger partial charge in [-0.3, -0.25) is 0 Å². The van der Waals surface area contributed by atoms with Gasteiger partial charge in [-0.05, 0) is 37.0 Å². The molecule has 0 radical (unpaired) electrons. The second kappa shape index (κ2) is 4.11. The maximum atomic E-state index is 9.85. The quantitative estimate of drug-likeness (QED) is 0.772. The van der Waals surface area contributed by atoms with Crippen LogP contribution in [0.5, 0.6) is 0 Å². The molecule has 0 aliphatic rings. The van der Waals surface area contributed by atoms with Crippen LogP contribution in [0.3, 0.4) is 0 Å². The fourth-order valence-corrected chi connectivity index (χ4v) is 1.59. The van der Waals surface area contributed by atoms with Crippen molar-refractivity contribution in [3.63, 3.8) is 0 Å². The topological polar surface area (TPSA) is 40.5 Å². The van der Waals surface area contributed by atoms with E-state index in [9.17, 15) is 10.2 Å². The Kier molecular flexibility index (Phi) is 3.29. The van der Waals surface area contributed by atoms with E-state index in [1.165, 1.54) is 5.56 Å². The van der Waals surface area contributed by atoms with Gasteiger partial charge in [0.1, 0.15) is 0 Å². The normalized spacial score (nSPS) is 11.8. The summed E-state index contributed by atoms with van der Waals surface area (Å²) < 4.78 is 0. The van der Waals surface area contributed by atoms with E-state index in [1.54, 1.807) is 13.8 Å². The summed E-state index contributed by atoms with van der Waals surface area (Å²) in [5.74, 6) is 0. The van der Waals surface area contributed by atoms with Gasteiger partial charge in [0.2, 0.25) is 0 Å². The highest BCUT2D eigenvalue weighted by molar-refractivity contribution is 5.35. The van der Waals surface area contributed by atoms with Gasteiger partial charge in [-0.1, -0.05) is 25.1 Å². The first-order chi connectivity index (χ1) is 6.49. The van der Waals surface area contributed by atoms with Crippen LogP contribution in [0.15, 0.2) is 18.2 Å². The number of benzene rings is 1. The van der Waals surface area contributed by atoms with E-state index in [0.717, 1.165) is 17.5 Å².